The zero-order valence-corrected chi connectivity index (χ0v) is 11.7. The lowest BCUT2D eigenvalue weighted by Gasteiger charge is -2.17. The Morgan fingerprint density at radius 3 is 2.72 bits per heavy atom. The molecule has 1 unspecified atom stereocenters. The first-order chi connectivity index (χ1) is 8.41. The van der Waals surface area contributed by atoms with Crippen LogP contribution in [0.25, 0.3) is 0 Å². The lowest BCUT2D eigenvalue weighted by atomic mass is 10.1. The number of carbonyl (C=O) groups is 1. The van der Waals surface area contributed by atoms with E-state index in [1.54, 1.807) is 6.07 Å². The molecule has 4 heteroatoms. The number of aryl methyl sites for hydroxylation is 1. The molecule has 1 amide bonds. The van der Waals surface area contributed by atoms with Crippen LogP contribution in [0.15, 0.2) is 18.2 Å². The van der Waals surface area contributed by atoms with Gasteiger partial charge < -0.3 is 16.0 Å². The van der Waals surface area contributed by atoms with Gasteiger partial charge in [-0.3, -0.25) is 4.79 Å². The molecule has 4 nitrogen and oxygen atoms in total. The van der Waals surface area contributed by atoms with Crippen LogP contribution in [0.1, 0.15) is 29.3 Å². The van der Waals surface area contributed by atoms with Crippen LogP contribution in [-0.4, -0.2) is 37.5 Å². The number of rotatable bonds is 5. The van der Waals surface area contributed by atoms with Crippen LogP contribution in [0.2, 0.25) is 0 Å². The van der Waals surface area contributed by atoms with Crippen LogP contribution in [0.3, 0.4) is 0 Å². The highest BCUT2D eigenvalue weighted by Crippen LogP contribution is 2.16. The van der Waals surface area contributed by atoms with E-state index in [1.165, 1.54) is 0 Å². The van der Waals surface area contributed by atoms with Gasteiger partial charge in [0, 0.05) is 11.7 Å². The Balaban J connectivity index is 2.62. The monoisotopic (exact) mass is 249 g/mol. The van der Waals surface area contributed by atoms with Crippen molar-refractivity contribution in [2.45, 2.75) is 26.3 Å². The second-order valence-corrected chi connectivity index (χ2v) is 5.00. The van der Waals surface area contributed by atoms with Crippen molar-refractivity contribution in [2.24, 2.45) is 0 Å². The molecule has 0 saturated carbocycles. The molecule has 0 aliphatic heterocycles. The van der Waals surface area contributed by atoms with Crippen molar-refractivity contribution in [1.82, 2.24) is 10.2 Å². The van der Waals surface area contributed by atoms with Crippen molar-refractivity contribution in [2.75, 3.05) is 26.4 Å². The maximum absolute atomic E-state index is 12.1. The second kappa shape index (κ2) is 6.40. The van der Waals surface area contributed by atoms with Gasteiger partial charge in [-0.2, -0.15) is 0 Å². The van der Waals surface area contributed by atoms with Crippen LogP contribution >= 0.6 is 0 Å². The molecule has 1 aromatic rings. The highest BCUT2D eigenvalue weighted by atomic mass is 16.1. The molecule has 0 aromatic heterocycles. The fraction of sp³-hybridized carbons (Fsp3) is 0.500. The summed E-state index contributed by atoms with van der Waals surface area (Å²) >= 11 is 0. The standard InChI is InChI=1S/C14H23N3O/c1-10-6-5-7-12(13(10)15)14(18)16-11(2)8-9-17(3)4/h5-7,11H,8-9,15H2,1-4H3,(H,16,18). The molecule has 18 heavy (non-hydrogen) atoms. The summed E-state index contributed by atoms with van der Waals surface area (Å²) in [5.74, 6) is -0.0949. The molecule has 0 saturated heterocycles. The summed E-state index contributed by atoms with van der Waals surface area (Å²) in [6.45, 7) is 4.86. The number of nitrogen functional groups attached to an aromatic ring is 1. The normalized spacial score (nSPS) is 12.5. The van der Waals surface area contributed by atoms with Gasteiger partial charge in [0.1, 0.15) is 0 Å². The molecule has 100 valence electrons. The summed E-state index contributed by atoms with van der Waals surface area (Å²) in [5.41, 5.74) is 7.97. The van der Waals surface area contributed by atoms with Gasteiger partial charge in [0.2, 0.25) is 0 Å². The van der Waals surface area contributed by atoms with Crippen LogP contribution in [0.4, 0.5) is 5.69 Å². The first-order valence-corrected chi connectivity index (χ1v) is 6.22. The summed E-state index contributed by atoms with van der Waals surface area (Å²) in [6.07, 6.45) is 0.921. The molecule has 0 aliphatic carbocycles. The molecule has 1 rings (SSSR count). The van der Waals surface area contributed by atoms with E-state index in [2.05, 4.69) is 10.2 Å². The number of anilines is 1. The first kappa shape index (κ1) is 14.5. The van der Waals surface area contributed by atoms with Gasteiger partial charge >= 0.3 is 0 Å². The van der Waals surface area contributed by atoms with E-state index in [1.807, 2.05) is 40.1 Å². The Morgan fingerprint density at radius 2 is 2.11 bits per heavy atom. The fourth-order valence-corrected chi connectivity index (χ4v) is 1.70. The summed E-state index contributed by atoms with van der Waals surface area (Å²) < 4.78 is 0. The number of carbonyl (C=O) groups excluding carboxylic acids is 1. The molecule has 0 fully saturated rings. The number of nitrogens with one attached hydrogen (secondary N) is 1. The average molecular weight is 249 g/mol. The maximum Gasteiger partial charge on any atom is 0.253 e. The van der Waals surface area contributed by atoms with Gasteiger partial charge in [-0.25, -0.2) is 0 Å². The van der Waals surface area contributed by atoms with E-state index in [9.17, 15) is 4.79 Å². The highest BCUT2D eigenvalue weighted by Gasteiger charge is 2.13. The van der Waals surface area contributed by atoms with Crippen LogP contribution < -0.4 is 11.1 Å². The van der Waals surface area contributed by atoms with E-state index in [0.29, 0.717) is 11.3 Å². The Bertz CT molecular complexity index is 416. The number of nitrogens with two attached hydrogens (primary N) is 1. The third kappa shape index (κ3) is 4.04. The minimum absolute atomic E-state index is 0.0949. The summed E-state index contributed by atoms with van der Waals surface area (Å²) in [6, 6.07) is 5.66. The Morgan fingerprint density at radius 1 is 1.44 bits per heavy atom. The minimum Gasteiger partial charge on any atom is -0.398 e. The number of hydrogen-bond acceptors (Lipinski definition) is 3. The lowest BCUT2D eigenvalue weighted by Crippen LogP contribution is -2.35. The van der Waals surface area contributed by atoms with E-state index in [0.717, 1.165) is 18.5 Å². The van der Waals surface area contributed by atoms with Crippen molar-refractivity contribution < 1.29 is 4.79 Å². The third-order valence-electron chi connectivity index (χ3n) is 2.96. The Labute approximate surface area is 109 Å². The smallest absolute Gasteiger partial charge is 0.253 e. The predicted molar refractivity (Wildman–Crippen MR) is 75.7 cm³/mol. The predicted octanol–water partition coefficient (Wildman–Crippen LogP) is 1.65. The van der Waals surface area contributed by atoms with Gasteiger partial charge in [0.25, 0.3) is 5.91 Å². The lowest BCUT2D eigenvalue weighted by molar-refractivity contribution is 0.0937. The van der Waals surface area contributed by atoms with Gasteiger partial charge in [-0.15, -0.1) is 0 Å². The van der Waals surface area contributed by atoms with E-state index >= 15 is 0 Å². The summed E-state index contributed by atoms with van der Waals surface area (Å²) in [5, 5.41) is 2.97. The number of hydrogen-bond donors (Lipinski definition) is 2. The molecule has 0 radical (unpaired) electrons. The third-order valence-corrected chi connectivity index (χ3v) is 2.96. The maximum atomic E-state index is 12.1. The SMILES string of the molecule is Cc1cccc(C(=O)NC(C)CCN(C)C)c1N. The van der Waals surface area contributed by atoms with Gasteiger partial charge in [0.15, 0.2) is 0 Å². The number of para-hydroxylation sites is 1. The largest absolute Gasteiger partial charge is 0.398 e. The van der Waals surface area contributed by atoms with Crippen molar-refractivity contribution in [3.8, 4) is 0 Å². The molecule has 0 aliphatic rings. The van der Waals surface area contributed by atoms with Crippen molar-refractivity contribution >= 4 is 11.6 Å². The topological polar surface area (TPSA) is 58.4 Å². The van der Waals surface area contributed by atoms with Gasteiger partial charge in [0.05, 0.1) is 5.56 Å². The van der Waals surface area contributed by atoms with Crippen molar-refractivity contribution in [3.05, 3.63) is 29.3 Å². The highest BCUT2D eigenvalue weighted by molar-refractivity contribution is 5.99. The van der Waals surface area contributed by atoms with Crippen LogP contribution in [0, 0.1) is 6.92 Å². The van der Waals surface area contributed by atoms with Crippen molar-refractivity contribution in [3.63, 3.8) is 0 Å². The molecular formula is C14H23N3O. The molecule has 3 N–H and O–H groups in total. The van der Waals surface area contributed by atoms with Crippen molar-refractivity contribution in [1.29, 1.82) is 0 Å². The van der Waals surface area contributed by atoms with E-state index in [4.69, 9.17) is 5.73 Å². The quantitative estimate of drug-likeness (QED) is 0.780. The molecule has 0 bridgehead atoms. The summed E-state index contributed by atoms with van der Waals surface area (Å²) in [4.78, 5) is 14.2. The second-order valence-electron chi connectivity index (χ2n) is 5.00. The number of benzene rings is 1. The molecule has 1 aromatic carbocycles. The zero-order chi connectivity index (χ0) is 13.7. The minimum atomic E-state index is -0.0949. The fourth-order valence-electron chi connectivity index (χ4n) is 1.70. The average Bonchev–Trinajstić information content (AvgIpc) is 2.30. The number of nitrogens with zero attached hydrogens (tertiary/aromatic N) is 1. The van der Waals surface area contributed by atoms with E-state index < -0.39 is 0 Å². The Hall–Kier alpha value is -1.55. The van der Waals surface area contributed by atoms with Gasteiger partial charge in [-0.1, -0.05) is 12.1 Å². The Kier molecular flexibility index (Phi) is 5.16. The summed E-state index contributed by atoms with van der Waals surface area (Å²) in [7, 11) is 4.04. The zero-order valence-electron chi connectivity index (χ0n) is 11.7. The number of amides is 1. The first-order valence-electron chi connectivity index (χ1n) is 6.22. The molecule has 0 heterocycles. The van der Waals surface area contributed by atoms with E-state index in [-0.39, 0.29) is 11.9 Å². The molecular weight excluding hydrogens is 226 g/mol. The molecule has 1 atom stereocenters. The van der Waals surface area contributed by atoms with Crippen LogP contribution in [0.5, 0.6) is 0 Å². The van der Waals surface area contributed by atoms with Gasteiger partial charge in [-0.05, 0) is 52.5 Å². The molecule has 0 spiro atoms. The van der Waals surface area contributed by atoms with Crippen LogP contribution in [-0.2, 0) is 0 Å².